The number of fused-ring (bicyclic) bond motifs is 3. The van der Waals surface area contributed by atoms with Crippen molar-refractivity contribution in [1.82, 2.24) is 10.2 Å². The topological polar surface area (TPSA) is 131 Å². The predicted octanol–water partition coefficient (Wildman–Crippen LogP) is 5.07. The summed E-state index contributed by atoms with van der Waals surface area (Å²) >= 11 is 3.62. The van der Waals surface area contributed by atoms with Gasteiger partial charge >= 0.3 is 0 Å². The number of rotatable bonds is 8. The second-order valence-corrected chi connectivity index (χ2v) is 20.1. The number of benzene rings is 3. The van der Waals surface area contributed by atoms with Crippen molar-refractivity contribution < 1.29 is 29.0 Å². The van der Waals surface area contributed by atoms with Gasteiger partial charge in [0.25, 0.3) is 5.91 Å². The summed E-state index contributed by atoms with van der Waals surface area (Å²) in [4.78, 5) is 57.0. The summed E-state index contributed by atoms with van der Waals surface area (Å²) < 4.78 is 7.74. The molecule has 6 atom stereocenters. The minimum absolute atomic E-state index is 0.00681. The van der Waals surface area contributed by atoms with E-state index in [4.69, 9.17) is 4.74 Å². The van der Waals surface area contributed by atoms with Gasteiger partial charge in [-0.05, 0) is 85.9 Å². The Labute approximate surface area is 308 Å². The average Bonchev–Trinajstić information content (AvgIpc) is 3.54. The number of amides is 3. The van der Waals surface area contributed by atoms with Crippen LogP contribution in [-0.4, -0.2) is 72.7 Å². The minimum atomic E-state index is -3.00. The van der Waals surface area contributed by atoms with Crippen molar-refractivity contribution in [3.8, 4) is 0 Å². The second-order valence-electron chi connectivity index (χ2n) is 15.2. The highest BCUT2D eigenvalue weighted by Gasteiger charge is 2.66. The van der Waals surface area contributed by atoms with Crippen LogP contribution >= 0.6 is 15.9 Å². The highest BCUT2D eigenvalue weighted by atomic mass is 79.9. The fourth-order valence-corrected chi connectivity index (χ4v) is 11.8. The summed E-state index contributed by atoms with van der Waals surface area (Å²) in [6.45, 7) is 7.82. The van der Waals surface area contributed by atoms with Crippen LogP contribution in [0.25, 0.3) is 0 Å². The van der Waals surface area contributed by atoms with Gasteiger partial charge < -0.3 is 35.1 Å². The molecule has 10 nitrogen and oxygen atoms in total. The molecule has 4 heterocycles. The van der Waals surface area contributed by atoms with E-state index >= 15 is 0 Å². The van der Waals surface area contributed by atoms with E-state index in [1.807, 2.05) is 86.7 Å². The number of nitrogens with zero attached hydrogens (tertiary/aromatic N) is 2. The molecule has 0 aromatic heterocycles. The number of hydrogen-bond donors (Lipinski definition) is 4. The molecule has 2 saturated heterocycles. The first-order valence-corrected chi connectivity index (χ1v) is 21.8. The van der Waals surface area contributed by atoms with E-state index in [9.17, 15) is 24.3 Å². The number of carbonyl (C=O) groups is 3. The third kappa shape index (κ3) is 6.70. The molecule has 0 saturated carbocycles. The molecule has 4 N–H and O–H groups in total. The van der Waals surface area contributed by atoms with E-state index in [1.54, 1.807) is 9.80 Å². The van der Waals surface area contributed by atoms with E-state index in [0.29, 0.717) is 25.2 Å². The van der Waals surface area contributed by atoms with Crippen LogP contribution in [0.4, 0.5) is 11.4 Å². The Bertz CT molecular complexity index is 1810. The van der Waals surface area contributed by atoms with Gasteiger partial charge in [-0.3, -0.25) is 14.4 Å². The molecule has 51 heavy (non-hydrogen) atoms. The Hall–Kier alpha value is -3.39. The van der Waals surface area contributed by atoms with Gasteiger partial charge in [0.1, 0.15) is 0 Å². The number of aliphatic hydroxyl groups is 1. The molecule has 3 aromatic rings. The van der Waals surface area contributed by atoms with E-state index < -0.39 is 31.5 Å². The fraction of sp³-hybridized carbons (Fsp3) is 0.462. The van der Waals surface area contributed by atoms with Crippen molar-refractivity contribution in [2.45, 2.75) is 82.1 Å². The summed E-state index contributed by atoms with van der Waals surface area (Å²) in [5.41, 5.74) is 3.42. The zero-order chi connectivity index (χ0) is 36.1. The molecule has 3 aromatic carbocycles. The van der Waals surface area contributed by atoms with Gasteiger partial charge in [-0.2, -0.15) is 0 Å². The van der Waals surface area contributed by atoms with Crippen LogP contribution in [-0.2, 0) is 44.2 Å². The molecular formula is C39H47BrN4O6Si. The van der Waals surface area contributed by atoms with Crippen molar-refractivity contribution in [3.63, 3.8) is 0 Å². The Morgan fingerprint density at radius 1 is 1.10 bits per heavy atom. The maximum atomic E-state index is 14.9. The Morgan fingerprint density at radius 2 is 1.84 bits per heavy atom. The number of anilines is 2. The van der Waals surface area contributed by atoms with Crippen LogP contribution in [0.2, 0.25) is 18.6 Å². The number of nitrogens with one attached hydrogen (secondary N) is 2. The van der Waals surface area contributed by atoms with Gasteiger partial charge in [-0.15, -0.1) is 0 Å². The van der Waals surface area contributed by atoms with Gasteiger partial charge in [0.15, 0.2) is 13.9 Å². The molecule has 270 valence electrons. The van der Waals surface area contributed by atoms with E-state index in [0.717, 1.165) is 51.8 Å². The maximum absolute atomic E-state index is 14.9. The summed E-state index contributed by atoms with van der Waals surface area (Å²) in [5, 5.41) is 16.6. The van der Waals surface area contributed by atoms with Gasteiger partial charge in [0.2, 0.25) is 11.8 Å². The monoisotopic (exact) mass is 774 g/mol. The molecule has 7 rings (SSSR count). The van der Waals surface area contributed by atoms with E-state index in [-0.39, 0.29) is 49.3 Å². The molecule has 2 fully saturated rings. The Morgan fingerprint density at radius 3 is 2.53 bits per heavy atom. The average molecular weight is 776 g/mol. The molecular weight excluding hydrogens is 728 g/mol. The lowest BCUT2D eigenvalue weighted by atomic mass is 9.82. The van der Waals surface area contributed by atoms with Crippen LogP contribution in [0.15, 0.2) is 71.2 Å². The highest BCUT2D eigenvalue weighted by molar-refractivity contribution is 9.10. The van der Waals surface area contributed by atoms with Crippen LogP contribution < -0.4 is 15.5 Å². The molecule has 0 aliphatic carbocycles. The van der Waals surface area contributed by atoms with Crippen molar-refractivity contribution >= 4 is 53.3 Å². The quantitative estimate of drug-likeness (QED) is 0.235. The first-order chi connectivity index (χ1) is 24.4. The predicted molar refractivity (Wildman–Crippen MR) is 201 cm³/mol. The number of ether oxygens (including phenoxy) is 1. The molecule has 0 bridgehead atoms. The SMILES string of the molecule is C[C@H]1[C@H]([Si](C)(C)O)[C@@H](CC(=O)N2Cc3ccccc3C[C@H]2CO)O[C@]12C(=O)N(Cc1ccc(NC(=O)C3CCCNC3)cc1)c1ccc(Br)cc12. The second kappa shape index (κ2) is 14.2. The number of halogens is 1. The molecule has 1 spiro atoms. The zero-order valence-corrected chi connectivity index (χ0v) is 32.0. The third-order valence-electron chi connectivity index (χ3n) is 11.4. The number of piperidine rings is 1. The van der Waals surface area contributed by atoms with Gasteiger partial charge in [-0.25, -0.2) is 0 Å². The van der Waals surface area contributed by atoms with Gasteiger partial charge in [0, 0.05) is 40.3 Å². The van der Waals surface area contributed by atoms with Crippen molar-refractivity contribution in [2.24, 2.45) is 11.8 Å². The van der Waals surface area contributed by atoms with Crippen molar-refractivity contribution in [3.05, 3.63) is 93.5 Å². The molecule has 4 aliphatic heterocycles. The fourth-order valence-electron chi connectivity index (χ4n) is 8.93. The van der Waals surface area contributed by atoms with Gasteiger partial charge in [-0.1, -0.05) is 59.3 Å². The maximum Gasteiger partial charge on any atom is 0.264 e. The van der Waals surface area contributed by atoms with Crippen molar-refractivity contribution in [1.29, 1.82) is 0 Å². The standard InChI is InChI=1S/C39H47BrN4O6Si/c1-24-36(51(2,3)49)34(19-35(46)43-22-28-8-5-4-7-26(28)17-31(43)23-45)50-39(24)32-18-29(40)12-15-33(32)44(38(39)48)21-25-10-13-30(14-11-25)42-37(47)27-9-6-16-41-20-27/h4-5,7-8,10-15,18,24,27,31,34,36,41,45,49H,6,9,16-17,19-23H2,1-3H3,(H,42,47)/t24-,27?,31-,34+,36-,39+/m0/s1. The summed E-state index contributed by atoms with van der Waals surface area (Å²) in [7, 11) is -3.00. The minimum Gasteiger partial charge on any atom is -0.432 e. The van der Waals surface area contributed by atoms with Crippen LogP contribution in [0.3, 0.4) is 0 Å². The number of aliphatic hydroxyl groups excluding tert-OH is 1. The van der Waals surface area contributed by atoms with Crippen molar-refractivity contribution in [2.75, 3.05) is 29.9 Å². The smallest absolute Gasteiger partial charge is 0.264 e. The van der Waals surface area contributed by atoms with Crippen LogP contribution in [0, 0.1) is 11.8 Å². The lowest BCUT2D eigenvalue weighted by molar-refractivity contribution is -0.151. The highest BCUT2D eigenvalue weighted by Crippen LogP contribution is 2.60. The third-order valence-corrected chi connectivity index (χ3v) is 14.4. The summed E-state index contributed by atoms with van der Waals surface area (Å²) in [5.74, 6) is -0.847. The van der Waals surface area contributed by atoms with Gasteiger partial charge in [0.05, 0.1) is 43.3 Å². The largest absolute Gasteiger partial charge is 0.432 e. The Kier molecular flexibility index (Phi) is 10.0. The lowest BCUT2D eigenvalue weighted by Crippen LogP contribution is -2.48. The molecule has 3 amide bonds. The molecule has 4 aliphatic rings. The molecule has 0 radical (unpaired) electrons. The summed E-state index contributed by atoms with van der Waals surface area (Å²) in [6, 6.07) is 21.0. The lowest BCUT2D eigenvalue weighted by Gasteiger charge is -2.37. The van der Waals surface area contributed by atoms with E-state index in [1.165, 1.54) is 0 Å². The van der Waals surface area contributed by atoms with Crippen LogP contribution in [0.5, 0.6) is 0 Å². The zero-order valence-electron chi connectivity index (χ0n) is 29.4. The Balaban J connectivity index is 1.15. The van der Waals surface area contributed by atoms with E-state index in [2.05, 4.69) is 26.6 Å². The molecule has 1 unspecified atom stereocenters. The number of carbonyl (C=O) groups excluding carboxylic acids is 3. The molecule has 12 heteroatoms. The first-order valence-electron chi connectivity index (χ1n) is 18.0. The number of hydrogen-bond acceptors (Lipinski definition) is 7. The first kappa shape index (κ1) is 36.0. The summed E-state index contributed by atoms with van der Waals surface area (Å²) in [6.07, 6.45) is 1.71. The van der Waals surface area contributed by atoms with Crippen LogP contribution in [0.1, 0.15) is 48.4 Å². The normalized spacial score (nSPS) is 27.4.